The molecule has 1 heterocycles. The average Bonchev–Trinajstić information content (AvgIpc) is 3.19. The second kappa shape index (κ2) is 6.86. The Balaban J connectivity index is 1.62. The number of rotatable bonds is 8. The van der Waals surface area contributed by atoms with Crippen molar-refractivity contribution in [3.8, 4) is 0 Å². The van der Waals surface area contributed by atoms with Crippen LogP contribution in [-0.4, -0.2) is 35.6 Å². The molecule has 18 heavy (non-hydrogen) atoms. The first-order chi connectivity index (χ1) is 8.75. The topological polar surface area (TPSA) is 28.2 Å². The molecule has 1 aromatic rings. The van der Waals surface area contributed by atoms with Crippen LogP contribution in [0, 0.1) is 0 Å². The van der Waals surface area contributed by atoms with Gasteiger partial charge in [0.15, 0.2) is 0 Å². The van der Waals surface area contributed by atoms with E-state index in [0.717, 1.165) is 12.6 Å². The summed E-state index contributed by atoms with van der Waals surface area (Å²) in [5.74, 6) is 0. The predicted octanol–water partition coefficient (Wildman–Crippen LogP) is 2.43. The monoisotopic (exact) mass is 247 g/mol. The van der Waals surface area contributed by atoms with Crippen LogP contribution < -0.4 is 5.32 Å². The van der Waals surface area contributed by atoms with Crippen molar-refractivity contribution in [2.24, 2.45) is 0 Å². The molecule has 0 radical (unpaired) electrons. The molecule has 1 aliphatic rings. The summed E-state index contributed by atoms with van der Waals surface area (Å²) in [5.41, 5.74) is 1.34. The maximum Gasteiger partial charge on any atom is 0.0271 e. The van der Waals surface area contributed by atoms with Crippen LogP contribution in [0.15, 0.2) is 24.5 Å². The Morgan fingerprint density at radius 3 is 2.78 bits per heavy atom. The van der Waals surface area contributed by atoms with Crippen LogP contribution in [0.3, 0.4) is 0 Å². The maximum absolute atomic E-state index is 4.05. The van der Waals surface area contributed by atoms with E-state index in [0.29, 0.717) is 6.04 Å². The molecule has 0 aliphatic heterocycles. The van der Waals surface area contributed by atoms with Crippen LogP contribution >= 0.6 is 0 Å². The maximum atomic E-state index is 4.05. The van der Waals surface area contributed by atoms with Crippen molar-refractivity contribution in [2.75, 3.05) is 13.6 Å². The highest BCUT2D eigenvalue weighted by molar-refractivity contribution is 5.09. The van der Waals surface area contributed by atoms with Gasteiger partial charge in [-0.2, -0.15) is 0 Å². The molecule has 1 N–H and O–H groups in total. The van der Waals surface area contributed by atoms with Crippen LogP contribution in [0.25, 0.3) is 0 Å². The molecule has 2 rings (SSSR count). The van der Waals surface area contributed by atoms with E-state index < -0.39 is 0 Å². The summed E-state index contributed by atoms with van der Waals surface area (Å²) >= 11 is 0. The van der Waals surface area contributed by atoms with Crippen LogP contribution in [-0.2, 0) is 6.54 Å². The number of nitrogens with one attached hydrogen (secondary N) is 1. The van der Waals surface area contributed by atoms with Crippen LogP contribution in [0.1, 0.15) is 38.2 Å². The molecular formula is C15H25N3. The highest BCUT2D eigenvalue weighted by Crippen LogP contribution is 2.18. The van der Waals surface area contributed by atoms with Gasteiger partial charge in [0.2, 0.25) is 0 Å². The van der Waals surface area contributed by atoms with E-state index in [1.54, 1.807) is 0 Å². The first-order valence-corrected chi connectivity index (χ1v) is 7.08. The van der Waals surface area contributed by atoms with Crippen molar-refractivity contribution >= 4 is 0 Å². The molecule has 0 saturated heterocycles. The van der Waals surface area contributed by atoms with E-state index in [1.807, 2.05) is 12.4 Å². The third-order valence-corrected chi connectivity index (χ3v) is 3.74. The zero-order chi connectivity index (χ0) is 12.8. The predicted molar refractivity (Wildman–Crippen MR) is 75.4 cm³/mol. The van der Waals surface area contributed by atoms with Crippen molar-refractivity contribution in [3.63, 3.8) is 0 Å². The Morgan fingerprint density at radius 1 is 1.39 bits per heavy atom. The number of nitrogens with zero attached hydrogens (tertiary/aromatic N) is 2. The fourth-order valence-corrected chi connectivity index (χ4v) is 2.14. The number of hydrogen-bond donors (Lipinski definition) is 1. The van der Waals surface area contributed by atoms with Crippen LogP contribution in [0.5, 0.6) is 0 Å². The lowest BCUT2D eigenvalue weighted by Gasteiger charge is -2.24. The van der Waals surface area contributed by atoms with Gasteiger partial charge in [0.25, 0.3) is 0 Å². The lowest BCUT2D eigenvalue weighted by Crippen LogP contribution is -2.29. The first-order valence-electron chi connectivity index (χ1n) is 7.08. The molecule has 1 fully saturated rings. The van der Waals surface area contributed by atoms with Crippen molar-refractivity contribution in [2.45, 2.75) is 51.2 Å². The standard InChI is InChI=1S/C15H25N3/c1-13(4-3-9-17-15-5-6-15)18(2)12-14-7-10-16-11-8-14/h7-8,10-11,13,15,17H,3-6,9,12H2,1-2H3. The molecule has 3 nitrogen and oxygen atoms in total. The van der Waals surface area contributed by atoms with Gasteiger partial charge in [0.05, 0.1) is 0 Å². The smallest absolute Gasteiger partial charge is 0.0271 e. The van der Waals surface area contributed by atoms with Gasteiger partial charge in [-0.3, -0.25) is 9.88 Å². The molecule has 1 saturated carbocycles. The molecule has 0 bridgehead atoms. The molecule has 100 valence electrons. The highest BCUT2D eigenvalue weighted by atomic mass is 15.1. The zero-order valence-electron chi connectivity index (χ0n) is 11.6. The summed E-state index contributed by atoms with van der Waals surface area (Å²) in [4.78, 5) is 6.48. The second-order valence-corrected chi connectivity index (χ2v) is 5.49. The van der Waals surface area contributed by atoms with Gasteiger partial charge in [-0.15, -0.1) is 0 Å². The Kier molecular flexibility index (Phi) is 5.14. The fraction of sp³-hybridized carbons (Fsp3) is 0.667. The third-order valence-electron chi connectivity index (χ3n) is 3.74. The second-order valence-electron chi connectivity index (χ2n) is 5.49. The molecule has 1 aliphatic carbocycles. The Hall–Kier alpha value is -0.930. The Bertz CT molecular complexity index is 335. The van der Waals surface area contributed by atoms with Crippen molar-refractivity contribution in [1.29, 1.82) is 0 Å². The van der Waals surface area contributed by atoms with Crippen molar-refractivity contribution in [3.05, 3.63) is 30.1 Å². The van der Waals surface area contributed by atoms with Gasteiger partial charge in [0, 0.05) is 31.0 Å². The molecule has 1 aromatic heterocycles. The van der Waals surface area contributed by atoms with Gasteiger partial charge in [-0.25, -0.2) is 0 Å². The molecule has 1 atom stereocenters. The molecule has 0 amide bonds. The van der Waals surface area contributed by atoms with Gasteiger partial charge in [0.1, 0.15) is 0 Å². The van der Waals surface area contributed by atoms with Crippen LogP contribution in [0.2, 0.25) is 0 Å². The van der Waals surface area contributed by atoms with E-state index in [-0.39, 0.29) is 0 Å². The highest BCUT2D eigenvalue weighted by Gasteiger charge is 2.19. The van der Waals surface area contributed by atoms with Crippen LogP contribution in [0.4, 0.5) is 0 Å². The van der Waals surface area contributed by atoms with Gasteiger partial charge < -0.3 is 5.32 Å². The average molecular weight is 247 g/mol. The number of aromatic nitrogens is 1. The largest absolute Gasteiger partial charge is 0.314 e. The van der Waals surface area contributed by atoms with Crippen molar-refractivity contribution in [1.82, 2.24) is 15.2 Å². The van der Waals surface area contributed by atoms with E-state index >= 15 is 0 Å². The summed E-state index contributed by atoms with van der Waals surface area (Å²) in [7, 11) is 2.21. The number of hydrogen-bond acceptors (Lipinski definition) is 3. The summed E-state index contributed by atoms with van der Waals surface area (Å²) in [6, 6.07) is 5.67. The first kappa shape index (κ1) is 13.5. The fourth-order valence-electron chi connectivity index (χ4n) is 2.14. The minimum Gasteiger partial charge on any atom is -0.314 e. The Labute approximate surface area is 111 Å². The van der Waals surface area contributed by atoms with Gasteiger partial charge in [-0.1, -0.05) is 0 Å². The quantitative estimate of drug-likeness (QED) is 0.715. The van der Waals surface area contributed by atoms with E-state index in [2.05, 4.69) is 41.3 Å². The Morgan fingerprint density at radius 2 is 2.11 bits per heavy atom. The normalized spacial score (nSPS) is 17.1. The molecular weight excluding hydrogens is 222 g/mol. The number of pyridine rings is 1. The minimum atomic E-state index is 0.638. The molecule has 1 unspecified atom stereocenters. The summed E-state index contributed by atoms with van der Waals surface area (Å²) in [5, 5.41) is 3.57. The minimum absolute atomic E-state index is 0.638. The lowest BCUT2D eigenvalue weighted by atomic mass is 10.1. The van der Waals surface area contributed by atoms with Crippen molar-refractivity contribution < 1.29 is 0 Å². The van der Waals surface area contributed by atoms with E-state index in [9.17, 15) is 0 Å². The zero-order valence-corrected chi connectivity index (χ0v) is 11.6. The van der Waals surface area contributed by atoms with E-state index in [1.165, 1.54) is 37.8 Å². The molecule has 0 aromatic carbocycles. The summed E-state index contributed by atoms with van der Waals surface area (Å²) in [6.07, 6.45) is 9.05. The summed E-state index contributed by atoms with van der Waals surface area (Å²) in [6.45, 7) is 4.51. The van der Waals surface area contributed by atoms with Gasteiger partial charge >= 0.3 is 0 Å². The van der Waals surface area contributed by atoms with Gasteiger partial charge in [-0.05, 0) is 63.9 Å². The van der Waals surface area contributed by atoms with E-state index in [4.69, 9.17) is 0 Å². The SMILES string of the molecule is CC(CCCNC1CC1)N(C)Cc1ccncc1. The molecule has 0 spiro atoms. The third kappa shape index (κ3) is 4.75. The molecule has 3 heteroatoms. The lowest BCUT2D eigenvalue weighted by molar-refractivity contribution is 0.234. The summed E-state index contributed by atoms with van der Waals surface area (Å²) < 4.78 is 0.